The van der Waals surface area contributed by atoms with Gasteiger partial charge < -0.3 is 0 Å². The van der Waals surface area contributed by atoms with Crippen LogP contribution in [0.4, 0.5) is 0 Å². The molecule has 4 heterocycles. The minimum atomic E-state index is 0.664. The quantitative estimate of drug-likeness (QED) is 0.172. The third-order valence-electron chi connectivity index (χ3n) is 38.7. The zero-order valence-electron chi connectivity index (χ0n) is 63.8. The van der Waals surface area contributed by atoms with Gasteiger partial charge in [-0.25, -0.2) is 0 Å². The number of likely N-dealkylation sites (tertiary alicyclic amines) is 4. The highest BCUT2D eigenvalue weighted by Crippen LogP contribution is 2.69. The molecule has 0 spiro atoms. The van der Waals surface area contributed by atoms with Crippen molar-refractivity contribution in [3.63, 3.8) is 0 Å². The Morgan fingerprint density at radius 3 is 0.773 bits per heavy atom. The van der Waals surface area contributed by atoms with Crippen LogP contribution in [0.2, 0.25) is 0 Å². The van der Waals surface area contributed by atoms with Gasteiger partial charge in [0.05, 0.1) is 0 Å². The molecule has 4 nitrogen and oxygen atoms in total. The van der Waals surface area contributed by atoms with Gasteiger partial charge in [0.1, 0.15) is 0 Å². The lowest BCUT2D eigenvalue weighted by Crippen LogP contribution is -2.49. The van der Waals surface area contributed by atoms with Crippen LogP contribution >= 0.6 is 0 Å². The van der Waals surface area contributed by atoms with Crippen molar-refractivity contribution in [2.45, 2.75) is 459 Å². The van der Waals surface area contributed by atoms with Crippen LogP contribution in [0.25, 0.3) is 0 Å². The van der Waals surface area contributed by atoms with Crippen LogP contribution in [-0.4, -0.2) is 92.1 Å². The van der Waals surface area contributed by atoms with Gasteiger partial charge in [-0.1, -0.05) is 129 Å². The number of hydrogen-bond acceptors (Lipinski definition) is 4. The van der Waals surface area contributed by atoms with Crippen molar-refractivity contribution >= 4 is 0 Å². The lowest BCUT2D eigenvalue weighted by atomic mass is 9.58. The molecule has 15 saturated carbocycles. The summed E-state index contributed by atoms with van der Waals surface area (Å²) in [5.74, 6) is 20.9. The lowest BCUT2D eigenvalue weighted by molar-refractivity contribution is 0.0208. The summed E-state index contributed by atoms with van der Waals surface area (Å²) in [6.45, 7) is 5.44. The second-order valence-electron chi connectivity index (χ2n) is 42.4. The van der Waals surface area contributed by atoms with E-state index in [1.54, 1.807) is 308 Å². The van der Waals surface area contributed by atoms with Crippen molar-refractivity contribution in [2.24, 2.45) is 124 Å². The van der Waals surface area contributed by atoms with Crippen LogP contribution in [0, 0.1) is 124 Å². The molecule has 19 fully saturated rings. The minimum absolute atomic E-state index is 0.664. The van der Waals surface area contributed by atoms with Gasteiger partial charge in [0.2, 0.25) is 0 Å². The maximum absolute atomic E-state index is 3.40. The normalized spacial score (nSPS) is 53.5. The highest BCUT2D eigenvalue weighted by Gasteiger charge is 2.62. The monoisotopic (exact) mass is 1330 g/mol. The van der Waals surface area contributed by atoms with Crippen molar-refractivity contribution in [1.29, 1.82) is 0 Å². The van der Waals surface area contributed by atoms with E-state index in [0.717, 1.165) is 191 Å². The fourth-order valence-corrected chi connectivity index (χ4v) is 35.2. The summed E-state index contributed by atoms with van der Waals surface area (Å²) in [6.07, 6.45) is 91.1. The Hall–Kier alpha value is -0.160. The van der Waals surface area contributed by atoms with Crippen molar-refractivity contribution < 1.29 is 0 Å². The fraction of sp³-hybridized carbons (Fsp3) is 1.00. The highest BCUT2D eigenvalue weighted by molar-refractivity contribution is 5.14. The van der Waals surface area contributed by atoms with E-state index >= 15 is 0 Å². The molecule has 4 saturated heterocycles. The summed E-state index contributed by atoms with van der Waals surface area (Å²) in [7, 11) is 0. The van der Waals surface area contributed by atoms with E-state index in [-0.39, 0.29) is 0 Å². The molecule has 0 aromatic carbocycles. The maximum atomic E-state index is 3.40. The number of fused-ring (bicyclic) bond motifs is 15. The van der Waals surface area contributed by atoms with Crippen LogP contribution in [0.1, 0.15) is 386 Å². The number of hydrogen-bond donors (Lipinski definition) is 0. The van der Waals surface area contributed by atoms with Gasteiger partial charge in [0, 0.05) is 72.5 Å². The molecule has 24 atom stereocenters. The van der Waals surface area contributed by atoms with Gasteiger partial charge in [-0.15, -0.1) is 0 Å². The first-order valence-corrected chi connectivity index (χ1v) is 47.0. The summed E-state index contributed by atoms with van der Waals surface area (Å²) < 4.78 is 0. The Kier molecular flexibility index (Phi) is 20.3. The molecule has 0 bridgehead atoms. The predicted molar refractivity (Wildman–Crippen MR) is 404 cm³/mol. The summed E-state index contributed by atoms with van der Waals surface area (Å²) in [6, 6.07) is 11.4. The Balaban J connectivity index is 0.469. The Bertz CT molecular complexity index is 2330. The van der Waals surface area contributed by atoms with Crippen molar-refractivity contribution in [2.75, 3.05) is 0 Å². The molecule has 0 aromatic rings. The van der Waals surface area contributed by atoms with Crippen LogP contribution in [0.5, 0.6) is 0 Å². The van der Waals surface area contributed by atoms with Crippen LogP contribution in [0.3, 0.4) is 0 Å². The Morgan fingerprint density at radius 2 is 0.485 bits per heavy atom. The first kappa shape index (κ1) is 67.4. The van der Waals surface area contributed by atoms with E-state index in [1.807, 2.05) is 0 Å². The summed E-state index contributed by atoms with van der Waals surface area (Å²) >= 11 is 0. The van der Waals surface area contributed by atoms with Gasteiger partial charge in [-0.05, 0) is 381 Å². The van der Waals surface area contributed by atoms with Crippen molar-refractivity contribution in [3.05, 3.63) is 0 Å². The molecule has 15 aliphatic carbocycles. The second kappa shape index (κ2) is 29.2. The Morgan fingerprint density at radius 1 is 0.227 bits per heavy atom. The van der Waals surface area contributed by atoms with E-state index < -0.39 is 0 Å². The minimum Gasteiger partial charge on any atom is -0.294 e. The van der Waals surface area contributed by atoms with Crippen LogP contribution in [-0.2, 0) is 0 Å². The van der Waals surface area contributed by atoms with Gasteiger partial charge in [-0.3, -0.25) is 19.6 Å². The molecule has 19 aliphatic rings. The van der Waals surface area contributed by atoms with Gasteiger partial charge in [0.25, 0.3) is 0 Å². The molecule has 4 aliphatic heterocycles. The van der Waals surface area contributed by atoms with E-state index in [0.29, 0.717) is 5.41 Å². The topological polar surface area (TPSA) is 13.0 Å². The average molecular weight is 1330 g/mol. The summed E-state index contributed by atoms with van der Waals surface area (Å²) in [4.78, 5) is 13.4. The smallest absolute Gasteiger partial charge is 0.0133 e. The zero-order chi connectivity index (χ0) is 64.3. The van der Waals surface area contributed by atoms with Crippen LogP contribution in [0.15, 0.2) is 0 Å². The average Bonchev–Trinajstić information content (AvgIpc) is 1.59. The third kappa shape index (κ3) is 12.5. The second-order valence-corrected chi connectivity index (χ2v) is 42.4. The molecule has 546 valence electrons. The summed E-state index contributed by atoms with van der Waals surface area (Å²) in [5.41, 5.74) is 0.664. The molecule has 0 amide bonds. The van der Waals surface area contributed by atoms with E-state index in [2.05, 4.69) is 33.4 Å². The standard InChI is InChI=1S/C93H154N4/c1-61-31-51-73-74-52-32-62(2)58-84(74)93(83(73)57-61,55-15-17-63-33-53-91-81(59-63)79-23-7-13-29-89(79)96(91)71-47-39-67(40-48-71)65-35-43-69(44-36-65)94-85-25-9-3-19-75(85)76-20-4-10-26-86(76)94)56-16-18-64-34-54-92-82(60-64)80-24-8-14-30-90(80)97(92)72-49-41-68(42-50-72)66-37-45-70(46-38-66)95-87-27-11-5-21-77(87)78-22-6-12-28-88(78)95/h61-92H,3-60H2,1-2H3. The molecule has 24 unspecified atom stereocenters. The molecule has 0 radical (unpaired) electrons. The van der Waals surface area contributed by atoms with E-state index in [1.165, 1.54) is 64.2 Å². The van der Waals surface area contributed by atoms with E-state index in [9.17, 15) is 0 Å². The highest BCUT2D eigenvalue weighted by atomic mass is 15.3. The van der Waals surface area contributed by atoms with E-state index in [4.69, 9.17) is 0 Å². The van der Waals surface area contributed by atoms with Gasteiger partial charge >= 0.3 is 0 Å². The maximum Gasteiger partial charge on any atom is 0.0133 e. The molecule has 97 heavy (non-hydrogen) atoms. The molecule has 4 heteroatoms. The lowest BCUT2D eigenvalue weighted by Gasteiger charge is -2.47. The molecule has 0 N–H and O–H groups in total. The largest absolute Gasteiger partial charge is 0.294 e. The predicted octanol–water partition coefficient (Wildman–Crippen LogP) is 23.9. The zero-order valence-corrected chi connectivity index (χ0v) is 63.8. The Labute approximate surface area is 598 Å². The van der Waals surface area contributed by atoms with Crippen LogP contribution < -0.4 is 0 Å². The molecule has 19 rings (SSSR count). The SMILES string of the molecule is CC1CCC2C3CCC(C)CC3C(CCCC3CCC4C(C3)C3CCCCC3N4C3CCC(C4CCC(N5C6CCCCC6C6CCCCC65)CC4)CC3)(CCCC3CCC4C(C3)C3CCCCC3N4C3CCC(C4CCC(N5C6CCCCC6C6CCCCC65)CC4)CC3)C2C1. The van der Waals surface area contributed by atoms with Crippen molar-refractivity contribution in [1.82, 2.24) is 19.6 Å². The number of rotatable bonds is 14. The summed E-state index contributed by atoms with van der Waals surface area (Å²) in [5, 5.41) is 0. The first-order chi connectivity index (χ1) is 47.9. The first-order valence-electron chi connectivity index (χ1n) is 47.0. The third-order valence-corrected chi connectivity index (χ3v) is 38.7. The van der Waals surface area contributed by atoms with Crippen molar-refractivity contribution in [3.8, 4) is 0 Å². The fourth-order valence-electron chi connectivity index (χ4n) is 35.2. The van der Waals surface area contributed by atoms with Gasteiger partial charge in [-0.2, -0.15) is 0 Å². The molecule has 0 aromatic heterocycles. The number of nitrogens with zero attached hydrogens (tertiary/aromatic N) is 4. The molecular formula is C93H154N4. The molecular weight excluding hydrogens is 1170 g/mol. The van der Waals surface area contributed by atoms with Gasteiger partial charge in [0.15, 0.2) is 0 Å².